The minimum absolute atomic E-state index is 0.945. The lowest BCUT2D eigenvalue weighted by Crippen LogP contribution is -1.83. The number of pyridine rings is 1. The first-order valence-electron chi connectivity index (χ1n) is 5.34. The molecule has 0 aliphatic carbocycles. The van der Waals surface area contributed by atoms with E-state index < -0.39 is 0 Å². The SMILES string of the molecule is CCc1c[nH]c2ncc(-c3ccn[nH]3)cc12. The van der Waals surface area contributed by atoms with E-state index in [-0.39, 0.29) is 0 Å². The van der Waals surface area contributed by atoms with E-state index in [1.165, 1.54) is 10.9 Å². The summed E-state index contributed by atoms with van der Waals surface area (Å²) in [7, 11) is 0. The molecule has 2 N–H and O–H groups in total. The Bertz CT molecular complexity index is 607. The van der Waals surface area contributed by atoms with E-state index >= 15 is 0 Å². The van der Waals surface area contributed by atoms with Crippen LogP contribution in [-0.4, -0.2) is 20.2 Å². The van der Waals surface area contributed by atoms with Gasteiger partial charge in [0.05, 0.1) is 5.69 Å². The zero-order valence-corrected chi connectivity index (χ0v) is 8.99. The van der Waals surface area contributed by atoms with Gasteiger partial charge >= 0.3 is 0 Å². The first-order chi connectivity index (χ1) is 7.88. The van der Waals surface area contributed by atoms with Crippen molar-refractivity contribution >= 4 is 11.0 Å². The number of fused-ring (bicyclic) bond motifs is 1. The van der Waals surface area contributed by atoms with Gasteiger partial charge in [0.15, 0.2) is 0 Å². The van der Waals surface area contributed by atoms with Gasteiger partial charge in [0.1, 0.15) is 5.65 Å². The van der Waals surface area contributed by atoms with Gasteiger partial charge < -0.3 is 4.98 Å². The highest BCUT2D eigenvalue weighted by atomic mass is 15.1. The molecule has 3 aromatic rings. The van der Waals surface area contributed by atoms with Gasteiger partial charge in [-0.1, -0.05) is 6.92 Å². The van der Waals surface area contributed by atoms with Gasteiger partial charge in [0, 0.05) is 29.5 Å². The van der Waals surface area contributed by atoms with Crippen molar-refractivity contribution in [3.8, 4) is 11.3 Å². The normalized spacial score (nSPS) is 11.1. The molecule has 0 aromatic carbocycles. The number of nitrogens with one attached hydrogen (secondary N) is 2. The Morgan fingerprint density at radius 3 is 3.06 bits per heavy atom. The van der Waals surface area contributed by atoms with Crippen molar-refractivity contribution in [1.82, 2.24) is 20.2 Å². The molecule has 0 bridgehead atoms. The molecule has 0 spiro atoms. The van der Waals surface area contributed by atoms with Gasteiger partial charge in [-0.3, -0.25) is 5.10 Å². The second kappa shape index (κ2) is 3.48. The summed E-state index contributed by atoms with van der Waals surface area (Å²) in [6.45, 7) is 2.14. The summed E-state index contributed by atoms with van der Waals surface area (Å²) in [5.74, 6) is 0. The molecule has 0 amide bonds. The number of hydrogen-bond donors (Lipinski definition) is 2. The molecule has 0 aliphatic rings. The van der Waals surface area contributed by atoms with E-state index in [9.17, 15) is 0 Å². The number of H-pyrrole nitrogens is 2. The fourth-order valence-corrected chi connectivity index (χ4v) is 1.91. The summed E-state index contributed by atoms with van der Waals surface area (Å²) in [6.07, 6.45) is 6.63. The van der Waals surface area contributed by atoms with Crippen LogP contribution >= 0.6 is 0 Å². The molecule has 3 rings (SSSR count). The Morgan fingerprint density at radius 1 is 1.38 bits per heavy atom. The summed E-state index contributed by atoms with van der Waals surface area (Å²) >= 11 is 0. The molecular formula is C12H12N4. The van der Waals surface area contributed by atoms with Gasteiger partial charge in [-0.25, -0.2) is 4.98 Å². The Kier molecular flexibility index (Phi) is 1.99. The van der Waals surface area contributed by atoms with Gasteiger partial charge in [0.25, 0.3) is 0 Å². The molecule has 3 heterocycles. The van der Waals surface area contributed by atoms with Crippen LogP contribution in [0.1, 0.15) is 12.5 Å². The minimum atomic E-state index is 0.945. The zero-order chi connectivity index (χ0) is 11.0. The average molecular weight is 212 g/mol. The molecule has 80 valence electrons. The van der Waals surface area contributed by atoms with Crippen molar-refractivity contribution in [3.05, 3.63) is 36.3 Å². The van der Waals surface area contributed by atoms with Crippen molar-refractivity contribution in [3.63, 3.8) is 0 Å². The predicted molar refractivity (Wildman–Crippen MR) is 63.1 cm³/mol. The third-order valence-electron chi connectivity index (χ3n) is 2.81. The van der Waals surface area contributed by atoms with Gasteiger partial charge in [-0.15, -0.1) is 0 Å². The molecule has 0 unspecified atom stereocenters. The lowest BCUT2D eigenvalue weighted by Gasteiger charge is -1.98. The van der Waals surface area contributed by atoms with E-state index in [1.807, 2.05) is 18.5 Å². The molecule has 0 saturated carbocycles. The monoisotopic (exact) mass is 212 g/mol. The highest BCUT2D eigenvalue weighted by molar-refractivity contribution is 5.83. The van der Waals surface area contributed by atoms with Crippen LogP contribution in [0.4, 0.5) is 0 Å². The maximum absolute atomic E-state index is 4.40. The zero-order valence-electron chi connectivity index (χ0n) is 8.99. The van der Waals surface area contributed by atoms with Crippen molar-refractivity contribution in [2.24, 2.45) is 0 Å². The van der Waals surface area contributed by atoms with E-state index in [4.69, 9.17) is 0 Å². The summed E-state index contributed by atoms with van der Waals surface area (Å²) in [5.41, 5.74) is 4.31. The van der Waals surface area contributed by atoms with Crippen LogP contribution in [-0.2, 0) is 6.42 Å². The lowest BCUT2D eigenvalue weighted by atomic mass is 10.1. The number of hydrogen-bond acceptors (Lipinski definition) is 2. The lowest BCUT2D eigenvalue weighted by molar-refractivity contribution is 1.09. The van der Waals surface area contributed by atoms with Crippen molar-refractivity contribution in [2.45, 2.75) is 13.3 Å². The van der Waals surface area contributed by atoms with Crippen LogP contribution < -0.4 is 0 Å². The predicted octanol–water partition coefficient (Wildman–Crippen LogP) is 2.52. The van der Waals surface area contributed by atoms with Crippen molar-refractivity contribution < 1.29 is 0 Å². The fourth-order valence-electron chi connectivity index (χ4n) is 1.91. The molecule has 0 radical (unpaired) electrons. The highest BCUT2D eigenvalue weighted by Crippen LogP contribution is 2.23. The van der Waals surface area contributed by atoms with Crippen LogP contribution in [0.25, 0.3) is 22.3 Å². The quantitative estimate of drug-likeness (QED) is 0.685. The summed E-state index contributed by atoms with van der Waals surface area (Å²) < 4.78 is 0. The van der Waals surface area contributed by atoms with Crippen LogP contribution in [0.15, 0.2) is 30.7 Å². The van der Waals surface area contributed by atoms with Crippen LogP contribution in [0, 0.1) is 0 Å². The first-order valence-corrected chi connectivity index (χ1v) is 5.34. The number of aromatic nitrogens is 4. The summed E-state index contributed by atoms with van der Waals surface area (Å²) in [5, 5.41) is 8.09. The Labute approximate surface area is 92.7 Å². The molecule has 4 heteroatoms. The topological polar surface area (TPSA) is 57.4 Å². The smallest absolute Gasteiger partial charge is 0.137 e. The maximum Gasteiger partial charge on any atom is 0.137 e. The molecular weight excluding hydrogens is 200 g/mol. The van der Waals surface area contributed by atoms with E-state index in [0.29, 0.717) is 0 Å². The highest BCUT2D eigenvalue weighted by Gasteiger charge is 2.06. The standard InChI is InChI=1S/C12H12N4/c1-2-8-6-13-12-10(8)5-9(7-14-12)11-3-4-15-16-11/h3-7H,2H2,1H3,(H,13,14)(H,15,16). The number of aromatic amines is 2. The second-order valence-corrected chi connectivity index (χ2v) is 3.76. The molecule has 0 aliphatic heterocycles. The largest absolute Gasteiger partial charge is 0.346 e. The van der Waals surface area contributed by atoms with Crippen LogP contribution in [0.3, 0.4) is 0 Å². The van der Waals surface area contributed by atoms with Gasteiger partial charge in [0.2, 0.25) is 0 Å². The average Bonchev–Trinajstić information content (AvgIpc) is 2.97. The van der Waals surface area contributed by atoms with Gasteiger partial charge in [-0.05, 0) is 24.1 Å². The fraction of sp³-hybridized carbons (Fsp3) is 0.167. The van der Waals surface area contributed by atoms with E-state index in [1.54, 1.807) is 6.20 Å². The second-order valence-electron chi connectivity index (χ2n) is 3.76. The summed E-state index contributed by atoms with van der Waals surface area (Å²) in [6, 6.07) is 4.09. The van der Waals surface area contributed by atoms with Crippen molar-refractivity contribution in [2.75, 3.05) is 0 Å². The van der Waals surface area contributed by atoms with Gasteiger partial charge in [-0.2, -0.15) is 5.10 Å². The molecule has 0 saturated heterocycles. The van der Waals surface area contributed by atoms with E-state index in [0.717, 1.165) is 23.3 Å². The Hall–Kier alpha value is -2.10. The summed E-state index contributed by atoms with van der Waals surface area (Å²) in [4.78, 5) is 7.58. The third kappa shape index (κ3) is 1.31. The number of aryl methyl sites for hydroxylation is 1. The third-order valence-corrected chi connectivity index (χ3v) is 2.81. The molecule has 3 aromatic heterocycles. The molecule has 16 heavy (non-hydrogen) atoms. The van der Waals surface area contributed by atoms with Crippen molar-refractivity contribution in [1.29, 1.82) is 0 Å². The maximum atomic E-state index is 4.40. The van der Waals surface area contributed by atoms with E-state index in [2.05, 4.69) is 33.2 Å². The number of rotatable bonds is 2. The minimum Gasteiger partial charge on any atom is -0.346 e. The Morgan fingerprint density at radius 2 is 2.31 bits per heavy atom. The van der Waals surface area contributed by atoms with Crippen LogP contribution in [0.2, 0.25) is 0 Å². The molecule has 4 nitrogen and oxygen atoms in total. The number of nitrogens with zero attached hydrogens (tertiary/aromatic N) is 2. The van der Waals surface area contributed by atoms with Crippen LogP contribution in [0.5, 0.6) is 0 Å². The molecule has 0 atom stereocenters. The molecule has 0 fully saturated rings. The first kappa shape index (κ1) is 9.15. The Balaban J connectivity index is 2.21.